The first kappa shape index (κ1) is 26.5. The van der Waals surface area contributed by atoms with E-state index < -0.39 is 5.97 Å². The molecule has 3 rings (SSSR count). The molecule has 186 valence electrons. The van der Waals surface area contributed by atoms with Gasteiger partial charge in [-0.3, -0.25) is 9.59 Å². The van der Waals surface area contributed by atoms with Crippen LogP contribution < -0.4 is 10.1 Å². The van der Waals surface area contributed by atoms with E-state index in [9.17, 15) is 14.4 Å². The lowest BCUT2D eigenvalue weighted by atomic mass is 10.1. The summed E-state index contributed by atoms with van der Waals surface area (Å²) in [5, 5.41) is 12.2. The van der Waals surface area contributed by atoms with Crippen molar-refractivity contribution in [2.45, 2.75) is 18.7 Å². The molecule has 2 heterocycles. The SMILES string of the molecule is COC(=O)c1c(NC(=O)CSc2nnc(COc3ccccc3Cl)n2C)sc(C(=O)N(C)C)c1C. The Balaban J connectivity index is 1.67. The van der Waals surface area contributed by atoms with E-state index in [1.54, 1.807) is 44.8 Å². The highest BCUT2D eigenvalue weighted by atomic mass is 35.5. The lowest BCUT2D eigenvalue weighted by Gasteiger charge is -2.08. The number of nitrogens with zero attached hydrogens (tertiary/aromatic N) is 4. The molecular formula is C22H24ClN5O5S2. The Morgan fingerprint density at radius 1 is 1.23 bits per heavy atom. The molecule has 2 amide bonds. The fourth-order valence-corrected chi connectivity index (χ4v) is 5.10. The summed E-state index contributed by atoms with van der Waals surface area (Å²) >= 11 is 8.31. The number of hydrogen-bond donors (Lipinski definition) is 1. The second-order valence-electron chi connectivity index (χ2n) is 7.47. The number of benzene rings is 1. The summed E-state index contributed by atoms with van der Waals surface area (Å²) in [6.07, 6.45) is 0. The number of methoxy groups -OCH3 is 1. The van der Waals surface area contributed by atoms with Crippen molar-refractivity contribution in [1.29, 1.82) is 0 Å². The van der Waals surface area contributed by atoms with Crippen LogP contribution in [0.5, 0.6) is 5.75 Å². The van der Waals surface area contributed by atoms with E-state index in [1.807, 2.05) is 12.1 Å². The lowest BCUT2D eigenvalue weighted by Crippen LogP contribution is -2.21. The molecule has 0 saturated heterocycles. The maximum absolute atomic E-state index is 12.7. The highest BCUT2D eigenvalue weighted by Gasteiger charge is 2.27. The van der Waals surface area contributed by atoms with Crippen molar-refractivity contribution in [3.05, 3.63) is 51.1 Å². The minimum absolute atomic E-state index is 0.00582. The molecule has 0 saturated carbocycles. The number of amides is 2. The van der Waals surface area contributed by atoms with Crippen LogP contribution in [0.3, 0.4) is 0 Å². The summed E-state index contributed by atoms with van der Waals surface area (Å²) in [5.41, 5.74) is 0.624. The highest BCUT2D eigenvalue weighted by molar-refractivity contribution is 7.99. The molecule has 0 aliphatic carbocycles. The number of para-hydroxylation sites is 1. The van der Waals surface area contributed by atoms with Crippen molar-refractivity contribution >= 4 is 57.5 Å². The number of rotatable bonds is 9. The quantitative estimate of drug-likeness (QED) is 0.325. The van der Waals surface area contributed by atoms with Gasteiger partial charge in [-0.05, 0) is 24.6 Å². The van der Waals surface area contributed by atoms with E-state index in [1.165, 1.54) is 23.8 Å². The molecule has 0 spiro atoms. The van der Waals surface area contributed by atoms with Gasteiger partial charge in [0.25, 0.3) is 5.91 Å². The summed E-state index contributed by atoms with van der Waals surface area (Å²) in [7, 11) is 6.24. The van der Waals surface area contributed by atoms with Crippen molar-refractivity contribution in [3.8, 4) is 5.75 Å². The van der Waals surface area contributed by atoms with E-state index in [0.29, 0.717) is 32.2 Å². The number of hydrogen-bond acceptors (Lipinski definition) is 9. The van der Waals surface area contributed by atoms with Gasteiger partial charge in [-0.1, -0.05) is 35.5 Å². The van der Waals surface area contributed by atoms with Gasteiger partial charge in [0.15, 0.2) is 11.0 Å². The van der Waals surface area contributed by atoms with E-state index in [4.69, 9.17) is 21.1 Å². The topological polar surface area (TPSA) is 116 Å². The van der Waals surface area contributed by atoms with E-state index in [2.05, 4.69) is 15.5 Å². The standard InChI is InChI=1S/C22H24ClN5O5S2/c1-12-17(21(31)32-5)19(35-18(12)20(30)27(2)3)24-16(29)11-34-22-26-25-15(28(22)4)10-33-14-9-7-6-8-13(14)23/h6-9H,10-11H2,1-5H3,(H,24,29). The number of carbonyl (C=O) groups is 3. The van der Waals surface area contributed by atoms with Crippen molar-refractivity contribution < 1.29 is 23.9 Å². The molecule has 0 fully saturated rings. The molecule has 13 heteroatoms. The van der Waals surface area contributed by atoms with Crippen molar-refractivity contribution in [2.24, 2.45) is 7.05 Å². The van der Waals surface area contributed by atoms with E-state index >= 15 is 0 Å². The van der Waals surface area contributed by atoms with Crippen LogP contribution in [-0.4, -0.2) is 64.4 Å². The number of thiophene rings is 1. The Labute approximate surface area is 215 Å². The predicted octanol–water partition coefficient (Wildman–Crippen LogP) is 3.64. The Bertz CT molecular complexity index is 1260. The molecule has 0 aliphatic heterocycles. The molecular weight excluding hydrogens is 514 g/mol. The van der Waals surface area contributed by atoms with Crippen LogP contribution in [0.4, 0.5) is 5.00 Å². The molecule has 0 aliphatic rings. The molecule has 0 bridgehead atoms. The van der Waals surface area contributed by atoms with Gasteiger partial charge in [-0.2, -0.15) is 0 Å². The van der Waals surface area contributed by atoms with Crippen molar-refractivity contribution in [3.63, 3.8) is 0 Å². The van der Waals surface area contributed by atoms with Gasteiger partial charge >= 0.3 is 5.97 Å². The van der Waals surface area contributed by atoms with Crippen molar-refractivity contribution in [2.75, 3.05) is 32.3 Å². The van der Waals surface area contributed by atoms with Crippen LogP contribution in [0.15, 0.2) is 29.4 Å². The van der Waals surface area contributed by atoms with E-state index in [-0.39, 0.29) is 34.7 Å². The number of thioether (sulfide) groups is 1. The third-order valence-corrected chi connectivity index (χ3v) is 7.37. The maximum Gasteiger partial charge on any atom is 0.341 e. The minimum atomic E-state index is -0.629. The van der Waals surface area contributed by atoms with Gasteiger partial charge in [-0.25, -0.2) is 4.79 Å². The smallest absolute Gasteiger partial charge is 0.341 e. The van der Waals surface area contributed by atoms with Gasteiger partial charge < -0.3 is 24.3 Å². The van der Waals surface area contributed by atoms with Gasteiger partial charge in [-0.15, -0.1) is 21.5 Å². The third kappa shape index (κ3) is 6.13. The zero-order chi connectivity index (χ0) is 25.7. The minimum Gasteiger partial charge on any atom is -0.484 e. The Kier molecular flexibility index (Phi) is 8.76. The number of halogens is 1. The Morgan fingerprint density at radius 2 is 1.94 bits per heavy atom. The van der Waals surface area contributed by atoms with Gasteiger partial charge in [0.1, 0.15) is 17.4 Å². The third-order valence-electron chi connectivity index (χ3n) is 4.84. The second-order valence-corrected chi connectivity index (χ2v) is 9.84. The van der Waals surface area contributed by atoms with Crippen LogP contribution in [0.25, 0.3) is 0 Å². The van der Waals surface area contributed by atoms with Gasteiger partial charge in [0.05, 0.1) is 28.3 Å². The number of ether oxygens (including phenoxy) is 2. The number of aromatic nitrogens is 3. The number of carbonyl (C=O) groups excluding carboxylic acids is 3. The fraction of sp³-hybridized carbons (Fsp3) is 0.318. The molecule has 0 atom stereocenters. The van der Waals surface area contributed by atoms with E-state index in [0.717, 1.165) is 11.3 Å². The molecule has 3 aromatic rings. The molecule has 0 unspecified atom stereocenters. The molecule has 10 nitrogen and oxygen atoms in total. The first-order valence-electron chi connectivity index (χ1n) is 10.3. The summed E-state index contributed by atoms with van der Waals surface area (Å²) in [6, 6.07) is 7.11. The van der Waals surface area contributed by atoms with Gasteiger partial charge in [0.2, 0.25) is 5.91 Å². The number of esters is 1. The van der Waals surface area contributed by atoms with Gasteiger partial charge in [0, 0.05) is 21.1 Å². The highest BCUT2D eigenvalue weighted by Crippen LogP contribution is 2.34. The Hall–Kier alpha value is -3.09. The predicted molar refractivity (Wildman–Crippen MR) is 135 cm³/mol. The summed E-state index contributed by atoms with van der Waals surface area (Å²) in [5.74, 6) is -0.172. The largest absolute Gasteiger partial charge is 0.484 e. The zero-order valence-corrected chi connectivity index (χ0v) is 22.1. The number of anilines is 1. The summed E-state index contributed by atoms with van der Waals surface area (Å²) in [4.78, 5) is 39.2. The van der Waals surface area contributed by atoms with Crippen LogP contribution in [0.2, 0.25) is 5.02 Å². The van der Waals surface area contributed by atoms with Crippen LogP contribution in [0, 0.1) is 6.92 Å². The average molecular weight is 538 g/mol. The maximum atomic E-state index is 12.7. The molecule has 35 heavy (non-hydrogen) atoms. The lowest BCUT2D eigenvalue weighted by molar-refractivity contribution is -0.113. The zero-order valence-electron chi connectivity index (χ0n) is 19.7. The van der Waals surface area contributed by atoms with Crippen LogP contribution in [0.1, 0.15) is 31.4 Å². The van der Waals surface area contributed by atoms with Crippen molar-refractivity contribution in [1.82, 2.24) is 19.7 Å². The summed E-state index contributed by atoms with van der Waals surface area (Å²) < 4.78 is 12.3. The second kappa shape index (κ2) is 11.6. The van der Waals surface area contributed by atoms with Crippen LogP contribution >= 0.6 is 34.7 Å². The molecule has 1 N–H and O–H groups in total. The molecule has 1 aromatic carbocycles. The first-order valence-corrected chi connectivity index (χ1v) is 12.4. The first-order chi connectivity index (χ1) is 16.6. The monoisotopic (exact) mass is 537 g/mol. The average Bonchev–Trinajstić information content (AvgIpc) is 3.34. The summed E-state index contributed by atoms with van der Waals surface area (Å²) in [6.45, 7) is 1.80. The molecule has 2 aromatic heterocycles. The fourth-order valence-electron chi connectivity index (χ4n) is 2.95. The Morgan fingerprint density at radius 3 is 2.60 bits per heavy atom. The normalized spacial score (nSPS) is 10.7. The van der Waals surface area contributed by atoms with Crippen LogP contribution in [-0.2, 0) is 23.2 Å². The molecule has 0 radical (unpaired) electrons. The number of nitrogens with one attached hydrogen (secondary N) is 1.